The van der Waals surface area contributed by atoms with Crippen LogP contribution in [0.25, 0.3) is 0 Å². The Kier molecular flexibility index (Phi) is 3.80. The van der Waals surface area contributed by atoms with Gasteiger partial charge in [0.05, 0.1) is 10.1 Å². The molecule has 7 heteroatoms. The van der Waals surface area contributed by atoms with Crippen molar-refractivity contribution in [2.45, 2.75) is 25.4 Å². The van der Waals surface area contributed by atoms with Crippen molar-refractivity contribution in [1.82, 2.24) is 9.97 Å². The van der Waals surface area contributed by atoms with Crippen LogP contribution in [0.15, 0.2) is 10.7 Å². The van der Waals surface area contributed by atoms with Crippen LogP contribution in [-0.2, 0) is 4.74 Å². The number of nitrogens with two attached hydrogens (primary N) is 1. The van der Waals surface area contributed by atoms with Crippen molar-refractivity contribution in [2.75, 3.05) is 23.9 Å². The van der Waals surface area contributed by atoms with Gasteiger partial charge in [0.15, 0.2) is 0 Å². The van der Waals surface area contributed by atoms with Crippen LogP contribution >= 0.6 is 15.9 Å². The first kappa shape index (κ1) is 12.5. The van der Waals surface area contributed by atoms with Gasteiger partial charge in [-0.1, -0.05) is 0 Å². The lowest BCUT2D eigenvalue weighted by molar-refractivity contribution is 0.0314. The maximum atomic E-state index is 5.70. The van der Waals surface area contributed by atoms with Crippen molar-refractivity contribution < 1.29 is 4.74 Å². The van der Waals surface area contributed by atoms with E-state index in [0.29, 0.717) is 18.3 Å². The number of ether oxygens (including phenoxy) is 1. The van der Waals surface area contributed by atoms with Gasteiger partial charge in [-0.05, 0) is 35.7 Å². The molecule has 1 aromatic rings. The molecule has 1 fully saturated rings. The third-order valence-electron chi connectivity index (χ3n) is 2.80. The van der Waals surface area contributed by atoms with E-state index in [2.05, 4.69) is 43.6 Å². The molecule has 0 bridgehead atoms. The van der Waals surface area contributed by atoms with E-state index in [0.717, 1.165) is 23.9 Å². The van der Waals surface area contributed by atoms with Crippen molar-refractivity contribution in [3.8, 4) is 0 Å². The molecule has 1 aromatic heterocycles. The highest BCUT2D eigenvalue weighted by Gasteiger charge is 2.29. The number of halogens is 1. The number of nitrogens with one attached hydrogen (secondary N) is 2. The number of anilines is 2. The first-order valence-electron chi connectivity index (χ1n) is 5.50. The number of rotatable bonds is 4. The topological polar surface area (TPSA) is 85.1 Å². The maximum Gasteiger partial charge on any atom is 0.239 e. The number of aromatic nitrogens is 2. The lowest BCUT2D eigenvalue weighted by Crippen LogP contribution is -2.33. The van der Waals surface area contributed by atoms with E-state index in [9.17, 15) is 0 Å². The first-order valence-corrected chi connectivity index (χ1v) is 6.29. The molecular formula is C10H16BrN5O. The van der Waals surface area contributed by atoms with E-state index >= 15 is 0 Å². The molecule has 17 heavy (non-hydrogen) atoms. The standard InChI is InChI=1S/C10H16BrN5O/c1-10(3-2-4-17-10)6-14-8-7(11)5-13-9(15-8)16-12/h5H,2-4,6,12H2,1H3,(H2,13,14,15,16). The number of nitrogen functional groups attached to an aromatic ring is 1. The average molecular weight is 302 g/mol. The van der Waals surface area contributed by atoms with Crippen LogP contribution in [0.5, 0.6) is 0 Å². The van der Waals surface area contributed by atoms with Crippen LogP contribution in [0.4, 0.5) is 11.8 Å². The minimum Gasteiger partial charge on any atom is -0.373 e. The Bertz CT molecular complexity index is 394. The summed E-state index contributed by atoms with van der Waals surface area (Å²) >= 11 is 3.39. The number of hydrogen-bond donors (Lipinski definition) is 3. The summed E-state index contributed by atoms with van der Waals surface area (Å²) in [4.78, 5) is 8.21. The van der Waals surface area contributed by atoms with E-state index < -0.39 is 0 Å². The van der Waals surface area contributed by atoms with Crippen molar-refractivity contribution in [3.05, 3.63) is 10.7 Å². The molecule has 6 nitrogen and oxygen atoms in total. The van der Waals surface area contributed by atoms with Gasteiger partial charge in [-0.25, -0.2) is 10.8 Å². The lowest BCUT2D eigenvalue weighted by atomic mass is 10.0. The molecule has 94 valence electrons. The molecule has 1 atom stereocenters. The molecule has 0 spiro atoms. The molecule has 1 aliphatic rings. The van der Waals surface area contributed by atoms with Gasteiger partial charge in [-0.2, -0.15) is 4.98 Å². The molecule has 0 amide bonds. The number of hydrazine groups is 1. The summed E-state index contributed by atoms with van der Waals surface area (Å²) in [7, 11) is 0. The summed E-state index contributed by atoms with van der Waals surface area (Å²) in [5, 5.41) is 3.25. The van der Waals surface area contributed by atoms with Crippen LogP contribution in [0, 0.1) is 0 Å². The molecule has 0 radical (unpaired) electrons. The van der Waals surface area contributed by atoms with Gasteiger partial charge in [0, 0.05) is 19.3 Å². The van der Waals surface area contributed by atoms with Gasteiger partial charge < -0.3 is 10.1 Å². The third-order valence-corrected chi connectivity index (χ3v) is 3.38. The zero-order valence-electron chi connectivity index (χ0n) is 9.66. The van der Waals surface area contributed by atoms with Gasteiger partial charge in [-0.15, -0.1) is 0 Å². The quantitative estimate of drug-likeness (QED) is 0.577. The molecule has 0 aromatic carbocycles. The van der Waals surface area contributed by atoms with E-state index in [1.807, 2.05) is 0 Å². The third kappa shape index (κ3) is 3.05. The van der Waals surface area contributed by atoms with Crippen LogP contribution < -0.4 is 16.6 Å². The van der Waals surface area contributed by atoms with Crippen LogP contribution in [0.1, 0.15) is 19.8 Å². The highest BCUT2D eigenvalue weighted by molar-refractivity contribution is 9.10. The summed E-state index contributed by atoms with van der Waals surface area (Å²) < 4.78 is 6.50. The van der Waals surface area contributed by atoms with Crippen molar-refractivity contribution in [3.63, 3.8) is 0 Å². The van der Waals surface area contributed by atoms with Crippen LogP contribution in [0.2, 0.25) is 0 Å². The van der Waals surface area contributed by atoms with Crippen molar-refractivity contribution >= 4 is 27.7 Å². The normalized spacial score (nSPS) is 23.7. The summed E-state index contributed by atoms with van der Waals surface area (Å²) in [6.07, 6.45) is 3.83. The van der Waals surface area contributed by atoms with Crippen molar-refractivity contribution in [1.29, 1.82) is 0 Å². The predicted molar refractivity (Wildman–Crippen MR) is 69.6 cm³/mol. The molecule has 1 saturated heterocycles. The fourth-order valence-corrected chi connectivity index (χ4v) is 2.14. The Labute approximate surface area is 108 Å². The summed E-state index contributed by atoms with van der Waals surface area (Å²) in [5.74, 6) is 6.37. The van der Waals surface area contributed by atoms with Gasteiger partial charge in [0.1, 0.15) is 5.82 Å². The highest BCUT2D eigenvalue weighted by atomic mass is 79.9. The highest BCUT2D eigenvalue weighted by Crippen LogP contribution is 2.27. The SMILES string of the molecule is CC1(CNc2nc(NN)ncc2Br)CCCO1. The summed E-state index contributed by atoms with van der Waals surface area (Å²) in [6.45, 7) is 3.65. The molecule has 4 N–H and O–H groups in total. The van der Waals surface area contributed by atoms with Gasteiger partial charge in [0.25, 0.3) is 0 Å². The minimum atomic E-state index is -0.110. The first-order chi connectivity index (χ1) is 8.13. The van der Waals surface area contributed by atoms with E-state index in [1.54, 1.807) is 6.20 Å². The van der Waals surface area contributed by atoms with Gasteiger partial charge >= 0.3 is 0 Å². The zero-order valence-corrected chi connectivity index (χ0v) is 11.2. The van der Waals surface area contributed by atoms with Gasteiger partial charge in [0.2, 0.25) is 5.95 Å². The Balaban J connectivity index is 2.02. The largest absolute Gasteiger partial charge is 0.373 e. The minimum absolute atomic E-state index is 0.110. The number of hydrogen-bond acceptors (Lipinski definition) is 6. The fraction of sp³-hybridized carbons (Fsp3) is 0.600. The Morgan fingerprint density at radius 3 is 3.12 bits per heavy atom. The van der Waals surface area contributed by atoms with Crippen LogP contribution in [0.3, 0.4) is 0 Å². The van der Waals surface area contributed by atoms with E-state index in [1.165, 1.54) is 0 Å². The maximum absolute atomic E-state index is 5.70. The molecular weight excluding hydrogens is 286 g/mol. The fourth-order valence-electron chi connectivity index (χ4n) is 1.81. The molecule has 1 aliphatic heterocycles. The number of nitrogens with zero attached hydrogens (tertiary/aromatic N) is 2. The average Bonchev–Trinajstić information content (AvgIpc) is 2.76. The van der Waals surface area contributed by atoms with E-state index in [4.69, 9.17) is 10.6 Å². The second kappa shape index (κ2) is 5.16. The van der Waals surface area contributed by atoms with Crippen molar-refractivity contribution in [2.24, 2.45) is 5.84 Å². The zero-order chi connectivity index (χ0) is 12.3. The molecule has 0 saturated carbocycles. The Morgan fingerprint density at radius 1 is 1.65 bits per heavy atom. The van der Waals surface area contributed by atoms with E-state index in [-0.39, 0.29) is 5.60 Å². The summed E-state index contributed by atoms with van der Waals surface area (Å²) in [6, 6.07) is 0. The summed E-state index contributed by atoms with van der Waals surface area (Å²) in [5.41, 5.74) is 2.31. The monoisotopic (exact) mass is 301 g/mol. The lowest BCUT2D eigenvalue weighted by Gasteiger charge is -2.24. The molecule has 2 heterocycles. The predicted octanol–water partition coefficient (Wildman–Crippen LogP) is 1.51. The molecule has 1 unspecified atom stereocenters. The Hall–Kier alpha value is -0.920. The van der Waals surface area contributed by atoms with Crippen LogP contribution in [-0.4, -0.2) is 28.7 Å². The van der Waals surface area contributed by atoms with Gasteiger partial charge in [-0.3, -0.25) is 5.43 Å². The Morgan fingerprint density at radius 2 is 2.47 bits per heavy atom. The second-order valence-electron chi connectivity index (χ2n) is 4.29. The molecule has 2 rings (SSSR count). The second-order valence-corrected chi connectivity index (χ2v) is 5.14. The molecule has 0 aliphatic carbocycles. The smallest absolute Gasteiger partial charge is 0.239 e.